The van der Waals surface area contributed by atoms with Gasteiger partial charge in [0.25, 0.3) is 0 Å². The summed E-state index contributed by atoms with van der Waals surface area (Å²) in [6.07, 6.45) is 5.32. The quantitative estimate of drug-likeness (QED) is 0.683. The van der Waals surface area contributed by atoms with Gasteiger partial charge in [-0.3, -0.25) is 0 Å². The summed E-state index contributed by atoms with van der Waals surface area (Å²) < 4.78 is 10.5. The lowest BCUT2D eigenvalue weighted by Gasteiger charge is -2.10. The van der Waals surface area contributed by atoms with Gasteiger partial charge >= 0.3 is 0 Å². The molecule has 1 aliphatic rings. The molecule has 2 nitrogen and oxygen atoms in total. The number of hydrogen-bond donors (Lipinski definition) is 0. The first-order chi connectivity index (χ1) is 7.22. The second-order valence-corrected chi connectivity index (χ2v) is 3.50. The molecule has 2 rings (SSSR count). The van der Waals surface area contributed by atoms with Crippen LogP contribution in [0.3, 0.4) is 0 Å². The number of hydrogen-bond acceptors (Lipinski definition) is 2. The van der Waals surface area contributed by atoms with Gasteiger partial charge in [-0.05, 0) is 17.7 Å². The normalized spacial score (nSPS) is 14.4. The first-order valence-corrected chi connectivity index (χ1v) is 4.77. The standard InChI is InChI=1S/C13H12O2/c1-4-9(2)10(3)11-5-6-12-13(7-11)15-8-14-12/h1,5-7,10H,2,8H2,3H3. The first kappa shape index (κ1) is 9.67. The lowest BCUT2D eigenvalue weighted by molar-refractivity contribution is 0.174. The minimum atomic E-state index is 0.143. The van der Waals surface area contributed by atoms with E-state index in [4.69, 9.17) is 15.9 Å². The van der Waals surface area contributed by atoms with Crippen molar-refractivity contribution < 1.29 is 9.47 Å². The number of terminal acetylenes is 1. The molecule has 1 heterocycles. The molecule has 0 spiro atoms. The van der Waals surface area contributed by atoms with Gasteiger partial charge in [0, 0.05) is 11.5 Å². The average Bonchev–Trinajstić information content (AvgIpc) is 2.73. The van der Waals surface area contributed by atoms with E-state index in [1.807, 2.05) is 25.1 Å². The molecule has 1 aromatic rings. The van der Waals surface area contributed by atoms with Crippen LogP contribution in [-0.2, 0) is 0 Å². The summed E-state index contributed by atoms with van der Waals surface area (Å²) in [7, 11) is 0. The van der Waals surface area contributed by atoms with E-state index in [0.717, 1.165) is 22.6 Å². The number of rotatable bonds is 2. The van der Waals surface area contributed by atoms with E-state index < -0.39 is 0 Å². The minimum absolute atomic E-state index is 0.143. The highest BCUT2D eigenvalue weighted by molar-refractivity contribution is 5.47. The average molecular weight is 200 g/mol. The Labute approximate surface area is 89.5 Å². The van der Waals surface area contributed by atoms with Crippen molar-refractivity contribution in [1.82, 2.24) is 0 Å². The molecule has 1 atom stereocenters. The van der Waals surface area contributed by atoms with E-state index in [1.54, 1.807) is 0 Å². The molecule has 0 aromatic heterocycles. The lowest BCUT2D eigenvalue weighted by atomic mass is 9.94. The second kappa shape index (κ2) is 3.70. The highest BCUT2D eigenvalue weighted by Crippen LogP contribution is 2.35. The molecule has 0 fully saturated rings. The van der Waals surface area contributed by atoms with E-state index in [0.29, 0.717) is 6.79 Å². The number of benzene rings is 1. The zero-order valence-electron chi connectivity index (χ0n) is 8.62. The number of allylic oxidation sites excluding steroid dienone is 1. The van der Waals surface area contributed by atoms with Crippen LogP contribution < -0.4 is 9.47 Å². The van der Waals surface area contributed by atoms with Crippen LogP contribution >= 0.6 is 0 Å². The van der Waals surface area contributed by atoms with Crippen LogP contribution in [0.4, 0.5) is 0 Å². The third-order valence-electron chi connectivity index (χ3n) is 2.60. The summed E-state index contributed by atoms with van der Waals surface area (Å²) in [5.41, 5.74) is 1.87. The van der Waals surface area contributed by atoms with Gasteiger partial charge in [-0.25, -0.2) is 0 Å². The SMILES string of the molecule is C#CC(=C)C(C)c1ccc2c(c1)OCO2. The first-order valence-electron chi connectivity index (χ1n) is 4.77. The Hall–Kier alpha value is -1.88. The highest BCUT2D eigenvalue weighted by atomic mass is 16.7. The van der Waals surface area contributed by atoms with Crippen LogP contribution in [0.1, 0.15) is 18.4 Å². The predicted molar refractivity (Wildman–Crippen MR) is 59.0 cm³/mol. The van der Waals surface area contributed by atoms with Crippen LogP contribution in [0.5, 0.6) is 11.5 Å². The zero-order chi connectivity index (χ0) is 10.8. The van der Waals surface area contributed by atoms with Gasteiger partial charge < -0.3 is 9.47 Å². The van der Waals surface area contributed by atoms with Crippen LogP contribution in [0.2, 0.25) is 0 Å². The Morgan fingerprint density at radius 3 is 2.93 bits per heavy atom. The summed E-state index contributed by atoms with van der Waals surface area (Å²) in [4.78, 5) is 0. The molecule has 1 unspecified atom stereocenters. The molecule has 0 saturated heterocycles. The van der Waals surface area contributed by atoms with E-state index in [2.05, 4.69) is 12.5 Å². The van der Waals surface area contributed by atoms with E-state index in [9.17, 15) is 0 Å². The topological polar surface area (TPSA) is 18.5 Å². The van der Waals surface area contributed by atoms with Crippen molar-refractivity contribution in [2.45, 2.75) is 12.8 Å². The molecule has 2 heteroatoms. The molecular weight excluding hydrogens is 188 g/mol. The van der Waals surface area contributed by atoms with Crippen molar-refractivity contribution in [1.29, 1.82) is 0 Å². The fourth-order valence-electron chi connectivity index (χ4n) is 1.51. The molecule has 0 bridgehead atoms. The Bertz CT molecular complexity index is 440. The molecule has 0 amide bonds. The molecule has 0 aliphatic carbocycles. The van der Waals surface area contributed by atoms with Crippen molar-refractivity contribution in [3.8, 4) is 23.8 Å². The van der Waals surface area contributed by atoms with Crippen LogP contribution in [0, 0.1) is 12.3 Å². The van der Waals surface area contributed by atoms with Crippen LogP contribution in [0.15, 0.2) is 30.4 Å². The van der Waals surface area contributed by atoms with Crippen molar-refractivity contribution in [3.05, 3.63) is 35.9 Å². The molecule has 1 aliphatic heterocycles. The van der Waals surface area contributed by atoms with Crippen LogP contribution in [0.25, 0.3) is 0 Å². The molecule has 15 heavy (non-hydrogen) atoms. The molecule has 76 valence electrons. The molecule has 0 N–H and O–H groups in total. The summed E-state index contributed by atoms with van der Waals surface area (Å²) >= 11 is 0. The molecule has 0 saturated carbocycles. The van der Waals surface area contributed by atoms with Gasteiger partial charge in [0.2, 0.25) is 6.79 Å². The number of ether oxygens (including phenoxy) is 2. The van der Waals surface area contributed by atoms with Crippen molar-refractivity contribution in [2.24, 2.45) is 0 Å². The maximum absolute atomic E-state index is 5.32. The molecule has 1 aromatic carbocycles. The summed E-state index contributed by atoms with van der Waals surface area (Å²) in [6.45, 7) is 6.16. The van der Waals surface area contributed by atoms with E-state index >= 15 is 0 Å². The lowest BCUT2D eigenvalue weighted by Crippen LogP contribution is -1.95. The second-order valence-electron chi connectivity index (χ2n) is 3.50. The zero-order valence-corrected chi connectivity index (χ0v) is 8.62. The largest absolute Gasteiger partial charge is 0.454 e. The smallest absolute Gasteiger partial charge is 0.231 e. The van der Waals surface area contributed by atoms with Gasteiger partial charge in [-0.15, -0.1) is 6.42 Å². The summed E-state index contributed by atoms with van der Waals surface area (Å²) in [6, 6.07) is 5.84. The predicted octanol–water partition coefficient (Wildman–Crippen LogP) is 2.71. The van der Waals surface area contributed by atoms with Gasteiger partial charge in [-0.2, -0.15) is 0 Å². The maximum atomic E-state index is 5.32. The molecular formula is C13H12O2. The third kappa shape index (κ3) is 1.69. The molecule has 0 radical (unpaired) electrons. The summed E-state index contributed by atoms with van der Waals surface area (Å²) in [5, 5.41) is 0. The van der Waals surface area contributed by atoms with Gasteiger partial charge in [-0.1, -0.05) is 25.5 Å². The Balaban J connectivity index is 2.31. The van der Waals surface area contributed by atoms with Gasteiger partial charge in [0.1, 0.15) is 0 Å². The summed E-state index contributed by atoms with van der Waals surface area (Å²) in [5.74, 6) is 4.28. The number of fused-ring (bicyclic) bond motifs is 1. The van der Waals surface area contributed by atoms with Crippen LogP contribution in [-0.4, -0.2) is 6.79 Å². The van der Waals surface area contributed by atoms with Gasteiger partial charge in [0.05, 0.1) is 0 Å². The van der Waals surface area contributed by atoms with Crippen molar-refractivity contribution in [2.75, 3.05) is 6.79 Å². The maximum Gasteiger partial charge on any atom is 0.231 e. The van der Waals surface area contributed by atoms with E-state index in [-0.39, 0.29) is 5.92 Å². The van der Waals surface area contributed by atoms with Gasteiger partial charge in [0.15, 0.2) is 11.5 Å². The van der Waals surface area contributed by atoms with Crippen molar-refractivity contribution >= 4 is 0 Å². The fraction of sp³-hybridized carbons (Fsp3) is 0.231. The Kier molecular flexibility index (Phi) is 2.39. The fourth-order valence-corrected chi connectivity index (χ4v) is 1.51. The monoisotopic (exact) mass is 200 g/mol. The third-order valence-corrected chi connectivity index (χ3v) is 2.60. The van der Waals surface area contributed by atoms with E-state index in [1.165, 1.54) is 0 Å². The highest BCUT2D eigenvalue weighted by Gasteiger charge is 2.16. The minimum Gasteiger partial charge on any atom is -0.454 e. The Morgan fingerprint density at radius 2 is 2.20 bits per heavy atom. The van der Waals surface area contributed by atoms with Crippen molar-refractivity contribution in [3.63, 3.8) is 0 Å². The Morgan fingerprint density at radius 1 is 1.47 bits per heavy atom.